The Morgan fingerprint density at radius 3 is 2.73 bits per heavy atom. The summed E-state index contributed by atoms with van der Waals surface area (Å²) in [6, 6.07) is 11.5. The molecule has 7 heteroatoms. The van der Waals surface area contributed by atoms with Gasteiger partial charge in [-0.2, -0.15) is 4.98 Å². The number of rotatable bonds is 5. The van der Waals surface area contributed by atoms with Crippen LogP contribution in [0.3, 0.4) is 0 Å². The molecule has 0 saturated heterocycles. The summed E-state index contributed by atoms with van der Waals surface area (Å²) >= 11 is 1.61. The van der Waals surface area contributed by atoms with Crippen LogP contribution < -0.4 is 5.32 Å². The van der Waals surface area contributed by atoms with Crippen molar-refractivity contribution in [2.75, 3.05) is 6.54 Å². The van der Waals surface area contributed by atoms with E-state index >= 15 is 0 Å². The molecule has 0 atom stereocenters. The van der Waals surface area contributed by atoms with E-state index in [2.05, 4.69) is 34.5 Å². The molecule has 0 fully saturated rings. The van der Waals surface area contributed by atoms with Gasteiger partial charge in [-0.1, -0.05) is 41.2 Å². The summed E-state index contributed by atoms with van der Waals surface area (Å²) in [6.07, 6.45) is 2.22. The number of thiazole rings is 1. The minimum Gasteiger partial charge on any atom is -0.459 e. The molecule has 0 radical (unpaired) electrons. The molecule has 0 unspecified atom stereocenters. The minimum atomic E-state index is -0.200. The number of fused-ring (bicyclic) bond motifs is 1. The number of nitrogens with zero attached hydrogens (tertiary/aromatic N) is 3. The summed E-state index contributed by atoms with van der Waals surface area (Å²) in [5.41, 5.74) is 3.28. The molecular formula is C19H18N4O2S. The van der Waals surface area contributed by atoms with E-state index in [9.17, 15) is 4.79 Å². The number of hydrogen-bond donors (Lipinski definition) is 1. The molecular weight excluding hydrogens is 348 g/mol. The Bertz CT molecular complexity index is 1050. The number of benzene rings is 1. The first-order chi connectivity index (χ1) is 12.6. The second-order valence-electron chi connectivity index (χ2n) is 6.09. The molecule has 1 aromatic carbocycles. The van der Waals surface area contributed by atoms with Crippen LogP contribution in [0.5, 0.6) is 0 Å². The van der Waals surface area contributed by atoms with Gasteiger partial charge >= 0.3 is 0 Å². The first-order valence-electron chi connectivity index (χ1n) is 8.35. The van der Waals surface area contributed by atoms with E-state index in [1.165, 1.54) is 11.8 Å². The van der Waals surface area contributed by atoms with Gasteiger partial charge in [0.2, 0.25) is 4.96 Å². The van der Waals surface area contributed by atoms with Gasteiger partial charge in [0.05, 0.1) is 12.0 Å². The van der Waals surface area contributed by atoms with Gasteiger partial charge in [0.15, 0.2) is 11.6 Å². The number of aromatic nitrogens is 3. The van der Waals surface area contributed by atoms with Gasteiger partial charge in [-0.15, -0.1) is 5.10 Å². The Balaban J connectivity index is 1.47. The lowest BCUT2D eigenvalue weighted by molar-refractivity contribution is 0.0926. The van der Waals surface area contributed by atoms with Crippen LogP contribution in [0, 0.1) is 13.8 Å². The fourth-order valence-electron chi connectivity index (χ4n) is 2.73. The monoisotopic (exact) mass is 366 g/mol. The highest BCUT2D eigenvalue weighted by Crippen LogP contribution is 2.25. The molecule has 4 aromatic rings. The standard InChI is InChI=1S/C19H18N4O2S/c1-12-5-7-14(8-6-12)17-21-19-23(22-17)13(2)16(26-19)9-10-20-18(24)15-4-3-11-25-15/h3-8,11H,9-10H2,1-2H3,(H,20,24). The number of amides is 1. The average molecular weight is 366 g/mol. The van der Waals surface area contributed by atoms with Crippen molar-refractivity contribution in [3.05, 3.63) is 64.6 Å². The molecule has 4 rings (SSSR count). The summed E-state index contributed by atoms with van der Waals surface area (Å²) in [5.74, 6) is 0.859. The molecule has 6 nitrogen and oxygen atoms in total. The van der Waals surface area contributed by atoms with E-state index in [1.54, 1.807) is 23.5 Å². The van der Waals surface area contributed by atoms with Crippen molar-refractivity contribution < 1.29 is 9.21 Å². The summed E-state index contributed by atoms with van der Waals surface area (Å²) in [6.45, 7) is 4.62. The minimum absolute atomic E-state index is 0.200. The van der Waals surface area contributed by atoms with Crippen LogP contribution in [0.4, 0.5) is 0 Å². The van der Waals surface area contributed by atoms with Crippen molar-refractivity contribution in [1.29, 1.82) is 0 Å². The van der Waals surface area contributed by atoms with Gasteiger partial charge in [0.1, 0.15) is 0 Å². The first kappa shape index (κ1) is 16.5. The molecule has 1 amide bonds. The fourth-order valence-corrected chi connectivity index (χ4v) is 3.78. The SMILES string of the molecule is Cc1ccc(-c2nc3sc(CCNC(=O)c4ccco4)c(C)n3n2)cc1. The van der Waals surface area contributed by atoms with E-state index in [1.807, 2.05) is 23.6 Å². The lowest BCUT2D eigenvalue weighted by atomic mass is 10.1. The largest absolute Gasteiger partial charge is 0.459 e. The Morgan fingerprint density at radius 1 is 1.23 bits per heavy atom. The van der Waals surface area contributed by atoms with Crippen LogP contribution in [0.1, 0.15) is 26.7 Å². The predicted octanol–water partition coefficient (Wildman–Crippen LogP) is 3.64. The van der Waals surface area contributed by atoms with Gasteiger partial charge < -0.3 is 9.73 Å². The average Bonchev–Trinajstić information content (AvgIpc) is 3.35. The third-order valence-corrected chi connectivity index (χ3v) is 5.40. The molecule has 1 N–H and O–H groups in total. The zero-order chi connectivity index (χ0) is 18.1. The third kappa shape index (κ3) is 3.13. The van der Waals surface area contributed by atoms with Crippen LogP contribution in [0.15, 0.2) is 47.1 Å². The van der Waals surface area contributed by atoms with Crippen molar-refractivity contribution in [2.45, 2.75) is 20.3 Å². The van der Waals surface area contributed by atoms with Crippen molar-refractivity contribution in [1.82, 2.24) is 19.9 Å². The number of hydrogen-bond acceptors (Lipinski definition) is 5. The number of aryl methyl sites for hydroxylation is 2. The van der Waals surface area contributed by atoms with Gasteiger partial charge in [0.25, 0.3) is 5.91 Å². The van der Waals surface area contributed by atoms with Crippen molar-refractivity contribution in [3.8, 4) is 11.4 Å². The Morgan fingerprint density at radius 2 is 2.04 bits per heavy atom. The quantitative estimate of drug-likeness (QED) is 0.585. The van der Waals surface area contributed by atoms with Crippen LogP contribution in [-0.2, 0) is 6.42 Å². The molecule has 132 valence electrons. The lowest BCUT2D eigenvalue weighted by Crippen LogP contribution is -2.25. The van der Waals surface area contributed by atoms with Gasteiger partial charge in [0, 0.05) is 23.4 Å². The maximum absolute atomic E-state index is 11.9. The van der Waals surface area contributed by atoms with Crippen molar-refractivity contribution >= 4 is 22.2 Å². The maximum atomic E-state index is 11.9. The maximum Gasteiger partial charge on any atom is 0.286 e. The van der Waals surface area contributed by atoms with Crippen LogP contribution in [0.25, 0.3) is 16.3 Å². The summed E-state index contributed by atoms with van der Waals surface area (Å²) < 4.78 is 6.96. The summed E-state index contributed by atoms with van der Waals surface area (Å²) in [4.78, 5) is 18.6. The zero-order valence-corrected chi connectivity index (χ0v) is 15.3. The summed E-state index contributed by atoms with van der Waals surface area (Å²) in [7, 11) is 0. The highest BCUT2D eigenvalue weighted by atomic mass is 32.1. The predicted molar refractivity (Wildman–Crippen MR) is 101 cm³/mol. The van der Waals surface area contributed by atoms with Crippen LogP contribution >= 0.6 is 11.3 Å². The topological polar surface area (TPSA) is 72.4 Å². The van der Waals surface area contributed by atoms with Crippen LogP contribution in [-0.4, -0.2) is 27.0 Å². The van der Waals surface area contributed by atoms with Gasteiger partial charge in [-0.3, -0.25) is 4.79 Å². The third-order valence-electron chi connectivity index (χ3n) is 4.21. The second kappa shape index (κ2) is 6.76. The van der Waals surface area contributed by atoms with Gasteiger partial charge in [-0.25, -0.2) is 4.52 Å². The molecule has 0 aliphatic heterocycles. The smallest absolute Gasteiger partial charge is 0.286 e. The van der Waals surface area contributed by atoms with E-state index < -0.39 is 0 Å². The molecule has 3 aromatic heterocycles. The van der Waals surface area contributed by atoms with E-state index in [0.717, 1.165) is 33.3 Å². The summed E-state index contributed by atoms with van der Waals surface area (Å²) in [5, 5.41) is 7.49. The highest BCUT2D eigenvalue weighted by Gasteiger charge is 2.15. The van der Waals surface area contributed by atoms with Crippen LogP contribution in [0.2, 0.25) is 0 Å². The Labute approximate surface area is 154 Å². The number of furan rings is 1. The molecule has 3 heterocycles. The molecule has 0 bridgehead atoms. The van der Waals surface area contributed by atoms with E-state index in [-0.39, 0.29) is 5.91 Å². The molecule has 26 heavy (non-hydrogen) atoms. The number of carbonyl (C=O) groups is 1. The number of nitrogens with one attached hydrogen (secondary N) is 1. The van der Waals surface area contributed by atoms with Crippen molar-refractivity contribution in [2.24, 2.45) is 0 Å². The lowest BCUT2D eigenvalue weighted by Gasteiger charge is -2.02. The van der Waals surface area contributed by atoms with Crippen molar-refractivity contribution in [3.63, 3.8) is 0 Å². The molecule has 0 saturated carbocycles. The molecule has 0 spiro atoms. The first-order valence-corrected chi connectivity index (χ1v) is 9.17. The zero-order valence-electron chi connectivity index (χ0n) is 14.5. The highest BCUT2D eigenvalue weighted by molar-refractivity contribution is 7.17. The normalized spacial score (nSPS) is 11.2. The molecule has 0 aliphatic rings. The van der Waals surface area contributed by atoms with E-state index in [4.69, 9.17) is 4.42 Å². The Hall–Kier alpha value is -2.93. The Kier molecular flexibility index (Phi) is 4.30. The fraction of sp³-hybridized carbons (Fsp3) is 0.211. The number of carbonyl (C=O) groups excluding carboxylic acids is 1. The van der Waals surface area contributed by atoms with E-state index in [0.29, 0.717) is 12.3 Å². The second-order valence-corrected chi connectivity index (χ2v) is 7.15. The molecule has 0 aliphatic carbocycles. The van der Waals surface area contributed by atoms with Gasteiger partial charge in [-0.05, 0) is 26.0 Å².